The lowest BCUT2D eigenvalue weighted by Crippen LogP contribution is -2.18. The number of nitrogens with one attached hydrogen (secondary N) is 1. The van der Waals surface area contributed by atoms with E-state index in [1.165, 1.54) is 9.13 Å². The highest BCUT2D eigenvalue weighted by Gasteiger charge is 2.09. The summed E-state index contributed by atoms with van der Waals surface area (Å²) >= 11 is 2.31. The molecule has 19 heavy (non-hydrogen) atoms. The Morgan fingerprint density at radius 3 is 2.74 bits per heavy atom. The molecule has 0 radical (unpaired) electrons. The van der Waals surface area contributed by atoms with Crippen LogP contribution in [0.5, 0.6) is 0 Å². The molecule has 102 valence electrons. The van der Waals surface area contributed by atoms with Gasteiger partial charge in [0.05, 0.1) is 12.3 Å². The Balaban J connectivity index is 2.13. The molecule has 0 atom stereocenters. The predicted molar refractivity (Wildman–Crippen MR) is 84.9 cm³/mol. The highest BCUT2D eigenvalue weighted by Crippen LogP contribution is 2.22. The van der Waals surface area contributed by atoms with Gasteiger partial charge in [-0.05, 0) is 34.7 Å². The third-order valence-corrected chi connectivity index (χ3v) is 3.54. The van der Waals surface area contributed by atoms with Gasteiger partial charge in [-0.2, -0.15) is 5.10 Å². The minimum atomic E-state index is 0.721. The molecule has 0 aliphatic rings. The van der Waals surface area contributed by atoms with Gasteiger partial charge >= 0.3 is 0 Å². The molecule has 0 aliphatic carbocycles. The van der Waals surface area contributed by atoms with Crippen LogP contribution in [-0.4, -0.2) is 30.0 Å². The van der Waals surface area contributed by atoms with Crippen molar-refractivity contribution in [3.8, 4) is 11.3 Å². The molecule has 5 heteroatoms. The number of aryl methyl sites for hydroxylation is 1. The minimum Gasteiger partial charge on any atom is -0.383 e. The Morgan fingerprint density at radius 1 is 1.32 bits per heavy atom. The van der Waals surface area contributed by atoms with E-state index >= 15 is 0 Å². The normalized spacial score (nSPS) is 10.9. The van der Waals surface area contributed by atoms with Crippen LogP contribution in [0.3, 0.4) is 0 Å². The maximum absolute atomic E-state index is 5.03. The first-order valence-corrected chi connectivity index (χ1v) is 7.26. The molecule has 0 fully saturated rings. The van der Waals surface area contributed by atoms with E-state index in [0.29, 0.717) is 0 Å². The number of nitrogens with zero attached hydrogens (tertiary/aromatic N) is 2. The molecule has 2 aromatic rings. The van der Waals surface area contributed by atoms with Crippen molar-refractivity contribution in [2.45, 2.75) is 6.54 Å². The van der Waals surface area contributed by atoms with Gasteiger partial charge in [0.2, 0.25) is 0 Å². The third kappa shape index (κ3) is 4.02. The first-order valence-electron chi connectivity index (χ1n) is 6.19. The van der Waals surface area contributed by atoms with Gasteiger partial charge in [-0.1, -0.05) is 12.1 Å². The van der Waals surface area contributed by atoms with Crippen LogP contribution in [0.15, 0.2) is 30.5 Å². The Labute approximate surface area is 127 Å². The summed E-state index contributed by atoms with van der Waals surface area (Å²) in [6.07, 6.45) is 2.06. The van der Waals surface area contributed by atoms with E-state index in [1.54, 1.807) is 7.11 Å². The third-order valence-electron chi connectivity index (χ3n) is 2.82. The molecule has 4 nitrogen and oxygen atoms in total. The van der Waals surface area contributed by atoms with Crippen molar-refractivity contribution >= 4 is 22.6 Å². The SMILES string of the molecule is COCCNCc1cn(C)nc1-c1ccc(I)cc1. The molecular weight excluding hydrogens is 353 g/mol. The second-order valence-electron chi connectivity index (χ2n) is 4.35. The van der Waals surface area contributed by atoms with Gasteiger partial charge in [0, 0.05) is 48.1 Å². The van der Waals surface area contributed by atoms with E-state index in [-0.39, 0.29) is 0 Å². The summed E-state index contributed by atoms with van der Waals surface area (Å²) in [6, 6.07) is 8.44. The van der Waals surface area contributed by atoms with Crippen LogP contribution in [0.2, 0.25) is 0 Å². The van der Waals surface area contributed by atoms with Gasteiger partial charge in [0.1, 0.15) is 0 Å². The van der Waals surface area contributed by atoms with E-state index in [9.17, 15) is 0 Å². The van der Waals surface area contributed by atoms with Crippen LogP contribution in [0.25, 0.3) is 11.3 Å². The van der Waals surface area contributed by atoms with E-state index in [0.717, 1.165) is 31.0 Å². The molecule has 1 N–H and O–H groups in total. The highest BCUT2D eigenvalue weighted by molar-refractivity contribution is 14.1. The van der Waals surface area contributed by atoms with Crippen LogP contribution in [0.4, 0.5) is 0 Å². The van der Waals surface area contributed by atoms with Crippen molar-refractivity contribution in [2.24, 2.45) is 7.05 Å². The Kier molecular flexibility index (Phi) is 5.35. The Morgan fingerprint density at radius 2 is 2.05 bits per heavy atom. The molecule has 1 aromatic carbocycles. The number of methoxy groups -OCH3 is 1. The first kappa shape index (κ1) is 14.5. The molecule has 1 aromatic heterocycles. The fourth-order valence-corrected chi connectivity index (χ4v) is 2.27. The molecule has 0 unspecified atom stereocenters. The number of hydrogen-bond donors (Lipinski definition) is 1. The van der Waals surface area contributed by atoms with Crippen LogP contribution in [-0.2, 0) is 18.3 Å². The smallest absolute Gasteiger partial charge is 0.0967 e. The largest absolute Gasteiger partial charge is 0.383 e. The summed E-state index contributed by atoms with van der Waals surface area (Å²) in [5.41, 5.74) is 3.41. The predicted octanol–water partition coefficient (Wildman–Crippen LogP) is 2.43. The van der Waals surface area contributed by atoms with E-state index < -0.39 is 0 Å². The first-order chi connectivity index (χ1) is 9.20. The summed E-state index contributed by atoms with van der Waals surface area (Å²) < 4.78 is 8.12. The van der Waals surface area contributed by atoms with Crippen molar-refractivity contribution in [1.82, 2.24) is 15.1 Å². The number of aromatic nitrogens is 2. The molecule has 0 saturated heterocycles. The van der Waals surface area contributed by atoms with Crippen LogP contribution >= 0.6 is 22.6 Å². The second kappa shape index (κ2) is 7.02. The second-order valence-corrected chi connectivity index (χ2v) is 5.60. The van der Waals surface area contributed by atoms with Crippen molar-refractivity contribution in [3.63, 3.8) is 0 Å². The molecule has 0 spiro atoms. The summed E-state index contributed by atoms with van der Waals surface area (Å²) in [6.45, 7) is 2.37. The zero-order valence-corrected chi connectivity index (χ0v) is 13.3. The lowest BCUT2D eigenvalue weighted by atomic mass is 10.1. The molecule has 0 saturated carbocycles. The topological polar surface area (TPSA) is 39.1 Å². The van der Waals surface area contributed by atoms with Crippen LogP contribution in [0.1, 0.15) is 5.56 Å². The number of benzene rings is 1. The summed E-state index contributed by atoms with van der Waals surface area (Å²) in [4.78, 5) is 0. The van der Waals surface area contributed by atoms with E-state index in [2.05, 4.69) is 63.5 Å². The summed E-state index contributed by atoms with van der Waals surface area (Å²) in [7, 11) is 3.66. The number of rotatable bonds is 6. The molecule has 1 heterocycles. The number of halogens is 1. The van der Waals surface area contributed by atoms with Crippen molar-refractivity contribution in [2.75, 3.05) is 20.3 Å². The van der Waals surface area contributed by atoms with Gasteiger partial charge < -0.3 is 10.1 Å². The fourth-order valence-electron chi connectivity index (χ4n) is 1.92. The molecule has 0 bridgehead atoms. The maximum Gasteiger partial charge on any atom is 0.0967 e. The van der Waals surface area contributed by atoms with Gasteiger partial charge in [0.25, 0.3) is 0 Å². The number of ether oxygens (including phenoxy) is 1. The molecule has 2 rings (SSSR count). The molecular formula is C14H18IN3O. The standard InChI is InChI=1S/C14H18IN3O/c1-18-10-12(9-16-7-8-19-2)14(17-18)11-3-5-13(15)6-4-11/h3-6,10,16H,7-9H2,1-2H3. The average molecular weight is 371 g/mol. The maximum atomic E-state index is 5.03. The molecule has 0 aliphatic heterocycles. The van der Waals surface area contributed by atoms with Gasteiger partial charge in [-0.3, -0.25) is 4.68 Å². The van der Waals surface area contributed by atoms with Gasteiger partial charge in [-0.25, -0.2) is 0 Å². The van der Waals surface area contributed by atoms with Gasteiger partial charge in [0.15, 0.2) is 0 Å². The van der Waals surface area contributed by atoms with E-state index in [1.807, 2.05) is 11.7 Å². The fraction of sp³-hybridized carbons (Fsp3) is 0.357. The summed E-state index contributed by atoms with van der Waals surface area (Å²) in [5.74, 6) is 0. The zero-order valence-electron chi connectivity index (χ0n) is 11.2. The monoisotopic (exact) mass is 371 g/mol. The quantitative estimate of drug-likeness (QED) is 0.626. The zero-order chi connectivity index (χ0) is 13.7. The lowest BCUT2D eigenvalue weighted by molar-refractivity contribution is 0.199. The average Bonchev–Trinajstić information content (AvgIpc) is 2.77. The van der Waals surface area contributed by atoms with E-state index in [4.69, 9.17) is 4.74 Å². The van der Waals surface area contributed by atoms with Crippen LogP contribution < -0.4 is 5.32 Å². The highest BCUT2D eigenvalue weighted by atomic mass is 127. The minimum absolute atomic E-state index is 0.721. The van der Waals surface area contributed by atoms with Gasteiger partial charge in [-0.15, -0.1) is 0 Å². The Bertz CT molecular complexity index is 522. The summed E-state index contributed by atoms with van der Waals surface area (Å²) in [5, 5.41) is 7.91. The molecule has 0 amide bonds. The van der Waals surface area contributed by atoms with Crippen molar-refractivity contribution < 1.29 is 4.74 Å². The van der Waals surface area contributed by atoms with Crippen molar-refractivity contribution in [3.05, 3.63) is 39.6 Å². The lowest BCUT2D eigenvalue weighted by Gasteiger charge is -2.05. The van der Waals surface area contributed by atoms with Crippen LogP contribution in [0, 0.1) is 3.57 Å². The Hall–Kier alpha value is -0.920. The van der Waals surface area contributed by atoms with Crippen molar-refractivity contribution in [1.29, 1.82) is 0 Å². The number of hydrogen-bond acceptors (Lipinski definition) is 3.